The molecule has 1 N–H and O–H groups in total. The number of nitrogens with one attached hydrogen (secondary N) is 1. The molecule has 0 unspecified atom stereocenters. The maximum Gasteiger partial charge on any atom is 0.267 e. The van der Waals surface area contributed by atoms with E-state index in [0.29, 0.717) is 23.0 Å². The van der Waals surface area contributed by atoms with Gasteiger partial charge in [0.05, 0.1) is 4.88 Å². The molecule has 0 radical (unpaired) electrons. The summed E-state index contributed by atoms with van der Waals surface area (Å²) in [4.78, 5) is 27.1. The van der Waals surface area contributed by atoms with Crippen LogP contribution in [0, 0.1) is 13.8 Å². The number of anilines is 2. The smallest absolute Gasteiger partial charge is 0.267 e. The molecule has 0 aliphatic carbocycles. The minimum Gasteiger partial charge on any atom is -0.312 e. The standard InChI is InChI=1S/C19H18N4O2S2/c1-11-6-12(2)8-14(7-11)23-10-13(9-16(23)24)18-21-22-19(27-18)20-17(25)15-4-3-5-26-15/h3-8,13H,9-10H2,1-2H3,(H,20,22,25)/t13-/m0/s1. The Bertz CT molecular complexity index is 977. The molecule has 1 aliphatic heterocycles. The van der Waals surface area contributed by atoms with Crippen molar-refractivity contribution in [3.05, 3.63) is 56.7 Å². The number of aryl methyl sites for hydroxylation is 2. The second kappa shape index (κ2) is 7.21. The molecule has 3 heterocycles. The van der Waals surface area contributed by atoms with Crippen LogP contribution < -0.4 is 10.2 Å². The molecule has 8 heteroatoms. The predicted octanol–water partition coefficient (Wildman–Crippen LogP) is 3.99. The lowest BCUT2D eigenvalue weighted by molar-refractivity contribution is -0.117. The van der Waals surface area contributed by atoms with Gasteiger partial charge in [0.1, 0.15) is 5.01 Å². The van der Waals surface area contributed by atoms with Crippen molar-refractivity contribution in [3.8, 4) is 0 Å². The highest BCUT2D eigenvalue weighted by Gasteiger charge is 2.34. The van der Waals surface area contributed by atoms with Gasteiger partial charge in [-0.3, -0.25) is 14.9 Å². The fraction of sp³-hybridized carbons (Fsp3) is 0.263. The van der Waals surface area contributed by atoms with Crippen LogP contribution in [0.2, 0.25) is 0 Å². The molecule has 0 saturated carbocycles. The summed E-state index contributed by atoms with van der Waals surface area (Å²) >= 11 is 2.71. The number of hydrogen-bond donors (Lipinski definition) is 1. The zero-order valence-corrected chi connectivity index (χ0v) is 16.6. The van der Waals surface area contributed by atoms with Gasteiger partial charge in [0.25, 0.3) is 5.91 Å². The Labute approximate surface area is 164 Å². The van der Waals surface area contributed by atoms with Crippen molar-refractivity contribution in [2.45, 2.75) is 26.2 Å². The molecule has 138 valence electrons. The largest absolute Gasteiger partial charge is 0.312 e. The monoisotopic (exact) mass is 398 g/mol. The Morgan fingerprint density at radius 1 is 1.22 bits per heavy atom. The first-order chi connectivity index (χ1) is 13.0. The summed E-state index contributed by atoms with van der Waals surface area (Å²) in [6.07, 6.45) is 0.403. The Morgan fingerprint density at radius 3 is 2.70 bits per heavy atom. The van der Waals surface area contributed by atoms with E-state index < -0.39 is 0 Å². The van der Waals surface area contributed by atoms with Gasteiger partial charge in [-0.2, -0.15) is 0 Å². The van der Waals surface area contributed by atoms with E-state index in [1.54, 1.807) is 6.07 Å². The van der Waals surface area contributed by atoms with Crippen molar-refractivity contribution in [1.29, 1.82) is 0 Å². The highest BCUT2D eigenvalue weighted by Crippen LogP contribution is 2.35. The molecule has 0 bridgehead atoms. The van der Waals surface area contributed by atoms with Crippen LogP contribution in [0.4, 0.5) is 10.8 Å². The number of thiophene rings is 1. The fourth-order valence-electron chi connectivity index (χ4n) is 3.25. The van der Waals surface area contributed by atoms with E-state index in [-0.39, 0.29) is 17.7 Å². The molecule has 3 aromatic rings. The van der Waals surface area contributed by atoms with Crippen molar-refractivity contribution in [2.24, 2.45) is 0 Å². The minimum atomic E-state index is -0.188. The first-order valence-electron chi connectivity index (χ1n) is 8.56. The maximum absolute atomic E-state index is 12.5. The molecular formula is C19H18N4O2S2. The SMILES string of the molecule is Cc1cc(C)cc(N2C[C@@H](c3nnc(NC(=O)c4cccs4)s3)CC2=O)c1. The van der Waals surface area contributed by atoms with Gasteiger partial charge in [-0.1, -0.05) is 23.5 Å². The highest BCUT2D eigenvalue weighted by atomic mass is 32.1. The Hall–Kier alpha value is -2.58. The van der Waals surface area contributed by atoms with Crippen LogP contribution in [-0.4, -0.2) is 28.6 Å². The molecule has 27 heavy (non-hydrogen) atoms. The van der Waals surface area contributed by atoms with Gasteiger partial charge in [-0.15, -0.1) is 21.5 Å². The van der Waals surface area contributed by atoms with Gasteiger partial charge in [0.2, 0.25) is 11.0 Å². The summed E-state index contributed by atoms with van der Waals surface area (Å²) in [6.45, 7) is 4.64. The molecule has 2 amide bonds. The third-order valence-corrected chi connectivity index (χ3v) is 6.27. The topological polar surface area (TPSA) is 75.2 Å². The first-order valence-corrected chi connectivity index (χ1v) is 10.3. The number of hydrogen-bond acceptors (Lipinski definition) is 6. The van der Waals surface area contributed by atoms with Crippen LogP contribution in [0.3, 0.4) is 0 Å². The zero-order chi connectivity index (χ0) is 19.0. The van der Waals surface area contributed by atoms with Gasteiger partial charge in [-0.05, 0) is 48.6 Å². The average molecular weight is 399 g/mol. The van der Waals surface area contributed by atoms with Crippen molar-refractivity contribution in [1.82, 2.24) is 10.2 Å². The Balaban J connectivity index is 1.48. The average Bonchev–Trinajstić information content (AvgIpc) is 3.34. The van der Waals surface area contributed by atoms with Crippen LogP contribution in [0.5, 0.6) is 0 Å². The molecule has 1 aromatic carbocycles. The van der Waals surface area contributed by atoms with E-state index in [1.165, 1.54) is 22.7 Å². The highest BCUT2D eigenvalue weighted by molar-refractivity contribution is 7.15. The van der Waals surface area contributed by atoms with Gasteiger partial charge >= 0.3 is 0 Å². The number of carbonyl (C=O) groups is 2. The lowest BCUT2D eigenvalue weighted by atomic mass is 10.1. The van der Waals surface area contributed by atoms with Crippen molar-refractivity contribution >= 4 is 45.3 Å². The van der Waals surface area contributed by atoms with Gasteiger partial charge in [0.15, 0.2) is 0 Å². The molecule has 4 rings (SSSR count). The predicted molar refractivity (Wildman–Crippen MR) is 108 cm³/mol. The minimum absolute atomic E-state index is 0.0109. The van der Waals surface area contributed by atoms with Gasteiger partial charge in [-0.25, -0.2) is 0 Å². The maximum atomic E-state index is 12.5. The molecular weight excluding hydrogens is 380 g/mol. The summed E-state index contributed by atoms with van der Waals surface area (Å²) < 4.78 is 0. The normalized spacial score (nSPS) is 16.7. The zero-order valence-electron chi connectivity index (χ0n) is 14.9. The number of benzene rings is 1. The summed E-state index contributed by atoms with van der Waals surface area (Å²) in [6, 6.07) is 9.74. The molecule has 1 atom stereocenters. The van der Waals surface area contributed by atoms with E-state index in [9.17, 15) is 9.59 Å². The quantitative estimate of drug-likeness (QED) is 0.721. The second-order valence-electron chi connectivity index (χ2n) is 6.63. The lowest BCUT2D eigenvalue weighted by Gasteiger charge is -2.17. The molecule has 2 aromatic heterocycles. The third-order valence-electron chi connectivity index (χ3n) is 4.40. The second-order valence-corrected chi connectivity index (χ2v) is 8.58. The Morgan fingerprint density at radius 2 is 2.00 bits per heavy atom. The van der Waals surface area contributed by atoms with Gasteiger partial charge < -0.3 is 4.90 Å². The molecule has 1 aliphatic rings. The fourth-order valence-corrected chi connectivity index (χ4v) is 4.69. The molecule has 6 nitrogen and oxygen atoms in total. The van der Waals surface area contributed by atoms with Crippen molar-refractivity contribution < 1.29 is 9.59 Å². The molecule has 0 spiro atoms. The van der Waals surface area contributed by atoms with Crippen molar-refractivity contribution in [3.63, 3.8) is 0 Å². The number of nitrogens with zero attached hydrogens (tertiary/aromatic N) is 3. The van der Waals surface area contributed by atoms with Crippen molar-refractivity contribution in [2.75, 3.05) is 16.8 Å². The van der Waals surface area contributed by atoms with Crippen LogP contribution in [-0.2, 0) is 4.79 Å². The van der Waals surface area contributed by atoms with E-state index in [2.05, 4.69) is 21.6 Å². The molecule has 1 fully saturated rings. The number of carbonyl (C=O) groups excluding carboxylic acids is 2. The summed E-state index contributed by atoms with van der Waals surface area (Å²) in [5.41, 5.74) is 3.20. The van der Waals surface area contributed by atoms with Crippen LogP contribution >= 0.6 is 22.7 Å². The summed E-state index contributed by atoms with van der Waals surface area (Å²) in [5, 5.41) is 14.1. The first kappa shape index (κ1) is 17.8. The van der Waals surface area contributed by atoms with Crippen LogP contribution in [0.25, 0.3) is 0 Å². The number of aromatic nitrogens is 2. The number of rotatable bonds is 4. The van der Waals surface area contributed by atoms with Gasteiger partial charge in [0, 0.05) is 24.6 Å². The summed E-state index contributed by atoms with van der Waals surface area (Å²) in [5.74, 6) is -0.111. The lowest BCUT2D eigenvalue weighted by Crippen LogP contribution is -2.24. The third kappa shape index (κ3) is 3.77. The Kier molecular flexibility index (Phi) is 4.75. The summed E-state index contributed by atoms with van der Waals surface area (Å²) in [7, 11) is 0. The number of amides is 2. The van der Waals surface area contributed by atoms with Crippen LogP contribution in [0.1, 0.15) is 38.1 Å². The molecule has 1 saturated heterocycles. The van der Waals surface area contributed by atoms with E-state index in [1.807, 2.05) is 42.3 Å². The van der Waals surface area contributed by atoms with E-state index in [0.717, 1.165) is 21.8 Å². The van der Waals surface area contributed by atoms with E-state index in [4.69, 9.17) is 0 Å². The van der Waals surface area contributed by atoms with Crippen LogP contribution in [0.15, 0.2) is 35.7 Å². The van der Waals surface area contributed by atoms with E-state index >= 15 is 0 Å².